The van der Waals surface area contributed by atoms with Crippen molar-refractivity contribution in [3.8, 4) is 0 Å². The largest absolute Gasteiger partial charge is 0.434 e. The van der Waals surface area contributed by atoms with Crippen LogP contribution in [0.2, 0.25) is 0 Å². The normalized spacial score (nSPS) is 15.2. The fraction of sp³-hybridized carbons (Fsp3) is 0.571. The van der Waals surface area contributed by atoms with Crippen LogP contribution in [0.5, 0.6) is 0 Å². The summed E-state index contributed by atoms with van der Waals surface area (Å²) < 4.78 is 73.5. The zero-order valence-electron chi connectivity index (χ0n) is 7.89. The van der Waals surface area contributed by atoms with E-state index in [1.165, 1.54) is 0 Å². The molecule has 1 heterocycles. The van der Waals surface area contributed by atoms with Crippen LogP contribution < -0.4 is 5.73 Å². The van der Waals surface area contributed by atoms with Crippen LogP contribution in [0.1, 0.15) is 17.6 Å². The number of nitrogens with zero attached hydrogens (tertiary/aromatic N) is 2. The molecule has 1 rings (SSSR count). The molecule has 0 saturated heterocycles. The third-order valence-corrected chi connectivity index (χ3v) is 1.83. The SMILES string of the molecule is Cn1cc(C(F)(F)F)nc1C(N)C(F)(F)F. The van der Waals surface area contributed by atoms with E-state index in [0.29, 0.717) is 10.8 Å². The third-order valence-electron chi connectivity index (χ3n) is 1.83. The number of nitrogens with two attached hydrogens (primary N) is 1. The first-order valence-corrected chi connectivity index (χ1v) is 3.96. The highest BCUT2D eigenvalue weighted by Crippen LogP contribution is 2.33. The molecule has 0 bridgehead atoms. The second-order valence-corrected chi connectivity index (χ2v) is 3.11. The minimum absolute atomic E-state index is 0.459. The molecule has 0 aliphatic heterocycles. The lowest BCUT2D eigenvalue weighted by molar-refractivity contribution is -0.152. The second-order valence-electron chi connectivity index (χ2n) is 3.11. The van der Waals surface area contributed by atoms with Crippen molar-refractivity contribution in [1.29, 1.82) is 0 Å². The van der Waals surface area contributed by atoms with Crippen molar-refractivity contribution in [2.24, 2.45) is 12.8 Å². The van der Waals surface area contributed by atoms with E-state index in [4.69, 9.17) is 5.73 Å². The monoisotopic (exact) mass is 247 g/mol. The van der Waals surface area contributed by atoms with E-state index in [1.807, 2.05) is 0 Å². The molecule has 0 aromatic carbocycles. The Kier molecular flexibility index (Phi) is 2.92. The fourth-order valence-electron chi connectivity index (χ4n) is 1.05. The maximum atomic E-state index is 12.2. The Balaban J connectivity index is 3.13. The van der Waals surface area contributed by atoms with E-state index in [-0.39, 0.29) is 0 Å². The molecule has 0 amide bonds. The third kappa shape index (κ3) is 2.46. The lowest BCUT2D eigenvalue weighted by Crippen LogP contribution is -2.30. The molecular formula is C7H7F6N3. The number of aryl methyl sites for hydroxylation is 1. The second kappa shape index (κ2) is 3.65. The first-order valence-electron chi connectivity index (χ1n) is 3.96. The van der Waals surface area contributed by atoms with E-state index in [1.54, 1.807) is 0 Å². The Morgan fingerprint density at radius 1 is 1.25 bits per heavy atom. The number of hydrogen-bond donors (Lipinski definition) is 1. The molecule has 0 spiro atoms. The van der Waals surface area contributed by atoms with Crippen molar-refractivity contribution in [3.63, 3.8) is 0 Å². The zero-order chi connectivity index (χ0) is 12.7. The topological polar surface area (TPSA) is 43.8 Å². The molecule has 1 aromatic heterocycles. The summed E-state index contributed by atoms with van der Waals surface area (Å²) in [4.78, 5) is 2.84. The van der Waals surface area contributed by atoms with Crippen molar-refractivity contribution in [3.05, 3.63) is 17.7 Å². The van der Waals surface area contributed by atoms with Gasteiger partial charge in [-0.2, -0.15) is 26.3 Å². The summed E-state index contributed by atoms with van der Waals surface area (Å²) in [5, 5.41) is 0. The lowest BCUT2D eigenvalue weighted by atomic mass is 10.3. The number of halogens is 6. The number of hydrogen-bond acceptors (Lipinski definition) is 2. The quantitative estimate of drug-likeness (QED) is 0.771. The molecule has 1 unspecified atom stereocenters. The van der Waals surface area contributed by atoms with Gasteiger partial charge in [0, 0.05) is 13.2 Å². The van der Waals surface area contributed by atoms with Gasteiger partial charge < -0.3 is 10.3 Å². The van der Waals surface area contributed by atoms with Gasteiger partial charge in [-0.1, -0.05) is 0 Å². The molecule has 2 N–H and O–H groups in total. The Labute approximate surface area is 85.9 Å². The van der Waals surface area contributed by atoms with E-state index < -0.39 is 29.9 Å². The van der Waals surface area contributed by atoms with Crippen LogP contribution in [-0.4, -0.2) is 15.7 Å². The fourth-order valence-corrected chi connectivity index (χ4v) is 1.05. The molecule has 3 nitrogen and oxygen atoms in total. The van der Waals surface area contributed by atoms with Crippen molar-refractivity contribution < 1.29 is 26.3 Å². The molecule has 0 radical (unpaired) electrons. The Morgan fingerprint density at radius 2 is 1.75 bits per heavy atom. The molecule has 0 fully saturated rings. The van der Waals surface area contributed by atoms with Crippen molar-refractivity contribution in [1.82, 2.24) is 9.55 Å². The van der Waals surface area contributed by atoms with Crippen LogP contribution in [-0.2, 0) is 13.2 Å². The van der Waals surface area contributed by atoms with Crippen LogP contribution in [0.15, 0.2) is 6.20 Å². The van der Waals surface area contributed by atoms with Crippen LogP contribution in [0, 0.1) is 0 Å². The zero-order valence-corrected chi connectivity index (χ0v) is 7.89. The number of imidazole rings is 1. The molecule has 1 atom stereocenters. The van der Waals surface area contributed by atoms with Gasteiger partial charge >= 0.3 is 12.4 Å². The summed E-state index contributed by atoms with van der Waals surface area (Å²) >= 11 is 0. The summed E-state index contributed by atoms with van der Waals surface area (Å²) in [6.07, 6.45) is -9.16. The average Bonchev–Trinajstić information content (AvgIpc) is 2.43. The predicted molar refractivity (Wildman–Crippen MR) is 41.2 cm³/mol. The molecule has 0 saturated carbocycles. The van der Waals surface area contributed by atoms with E-state index in [0.717, 1.165) is 7.05 Å². The highest BCUT2D eigenvalue weighted by atomic mass is 19.4. The minimum atomic E-state index is -4.83. The van der Waals surface area contributed by atoms with Crippen LogP contribution in [0.25, 0.3) is 0 Å². The van der Waals surface area contributed by atoms with Gasteiger partial charge in [-0.15, -0.1) is 0 Å². The number of rotatable bonds is 1. The van der Waals surface area contributed by atoms with Gasteiger partial charge in [0.25, 0.3) is 0 Å². The Morgan fingerprint density at radius 3 is 2.06 bits per heavy atom. The van der Waals surface area contributed by atoms with Crippen molar-refractivity contribution in [2.45, 2.75) is 18.4 Å². The maximum Gasteiger partial charge on any atom is 0.434 e. The standard InChI is InChI=1S/C7H7F6N3/c1-16-2-3(6(8,9)10)15-5(16)4(14)7(11,12)13/h2,4H,14H2,1H3. The summed E-state index contributed by atoms with van der Waals surface area (Å²) in [7, 11) is 1.02. The lowest BCUT2D eigenvalue weighted by Gasteiger charge is -2.14. The summed E-state index contributed by atoms with van der Waals surface area (Å²) in [5.74, 6) is -0.875. The Bertz CT molecular complexity index is 376. The maximum absolute atomic E-state index is 12.2. The van der Waals surface area contributed by atoms with Crippen molar-refractivity contribution >= 4 is 0 Å². The van der Waals surface area contributed by atoms with Gasteiger partial charge in [-0.05, 0) is 0 Å². The predicted octanol–water partition coefficient (Wildman–Crippen LogP) is 2.00. The van der Waals surface area contributed by atoms with E-state index in [2.05, 4.69) is 4.98 Å². The first-order chi connectivity index (χ1) is 7.03. The Hall–Kier alpha value is -1.25. The van der Waals surface area contributed by atoms with Crippen molar-refractivity contribution in [2.75, 3.05) is 0 Å². The molecule has 1 aromatic rings. The summed E-state index contributed by atoms with van der Waals surface area (Å²) in [6.45, 7) is 0. The van der Waals surface area contributed by atoms with E-state index in [9.17, 15) is 26.3 Å². The highest BCUT2D eigenvalue weighted by molar-refractivity contribution is 5.11. The summed E-state index contributed by atoms with van der Waals surface area (Å²) in [5.41, 5.74) is 3.36. The molecule has 16 heavy (non-hydrogen) atoms. The summed E-state index contributed by atoms with van der Waals surface area (Å²) in [6, 6.07) is -2.53. The van der Waals surface area contributed by atoms with Gasteiger partial charge in [0.05, 0.1) is 0 Å². The van der Waals surface area contributed by atoms with Crippen LogP contribution >= 0.6 is 0 Å². The van der Waals surface area contributed by atoms with Crippen LogP contribution in [0.3, 0.4) is 0 Å². The first kappa shape index (κ1) is 12.8. The number of aromatic nitrogens is 2. The van der Waals surface area contributed by atoms with Gasteiger partial charge in [-0.3, -0.25) is 0 Å². The van der Waals surface area contributed by atoms with E-state index >= 15 is 0 Å². The average molecular weight is 247 g/mol. The molecule has 0 aliphatic carbocycles. The highest BCUT2D eigenvalue weighted by Gasteiger charge is 2.42. The number of alkyl halides is 6. The minimum Gasteiger partial charge on any atom is -0.336 e. The molecule has 92 valence electrons. The van der Waals surface area contributed by atoms with Gasteiger partial charge in [-0.25, -0.2) is 4.98 Å². The smallest absolute Gasteiger partial charge is 0.336 e. The van der Waals surface area contributed by atoms with Gasteiger partial charge in [0.2, 0.25) is 0 Å². The molecule has 0 aliphatic rings. The van der Waals surface area contributed by atoms with Gasteiger partial charge in [0.1, 0.15) is 5.82 Å². The molecular weight excluding hydrogens is 240 g/mol. The van der Waals surface area contributed by atoms with Crippen LogP contribution in [0.4, 0.5) is 26.3 Å². The molecule has 9 heteroatoms. The van der Waals surface area contributed by atoms with Gasteiger partial charge in [0.15, 0.2) is 11.7 Å².